The number of carbonyl (C=O) groups is 1. The highest BCUT2D eigenvalue weighted by atomic mass is 16.2. The van der Waals surface area contributed by atoms with Crippen LogP contribution >= 0.6 is 0 Å². The molecule has 0 saturated carbocycles. The molecule has 3 aromatic rings. The van der Waals surface area contributed by atoms with Gasteiger partial charge < -0.3 is 0 Å². The van der Waals surface area contributed by atoms with Crippen LogP contribution in [0.1, 0.15) is 27.4 Å². The maximum atomic E-state index is 12.4. The van der Waals surface area contributed by atoms with Gasteiger partial charge in [-0.15, -0.1) is 0 Å². The monoisotopic (exact) mass is 324 g/mol. The molecule has 8 heteroatoms. The third kappa shape index (κ3) is 3.02. The normalized spacial score (nSPS) is 11.1. The van der Waals surface area contributed by atoms with Gasteiger partial charge in [-0.1, -0.05) is 18.2 Å². The average Bonchev–Trinajstić information content (AvgIpc) is 3.13. The first kappa shape index (κ1) is 15.5. The van der Waals surface area contributed by atoms with Gasteiger partial charge in [-0.2, -0.15) is 10.2 Å². The first-order valence-electron chi connectivity index (χ1n) is 7.28. The van der Waals surface area contributed by atoms with Gasteiger partial charge in [0.2, 0.25) is 0 Å². The van der Waals surface area contributed by atoms with Crippen molar-refractivity contribution in [2.45, 2.75) is 13.8 Å². The second-order valence-electron chi connectivity index (χ2n) is 5.26. The summed E-state index contributed by atoms with van der Waals surface area (Å²) in [6.07, 6.45) is 1.32. The van der Waals surface area contributed by atoms with E-state index in [4.69, 9.17) is 0 Å². The Balaban J connectivity index is 1.79. The second kappa shape index (κ2) is 6.37. The first-order valence-corrected chi connectivity index (χ1v) is 7.28. The van der Waals surface area contributed by atoms with E-state index >= 15 is 0 Å². The van der Waals surface area contributed by atoms with Crippen LogP contribution in [-0.2, 0) is 0 Å². The molecule has 3 rings (SSSR count). The predicted molar refractivity (Wildman–Crippen MR) is 89.5 cm³/mol. The number of carbonyl (C=O) groups excluding carboxylic acids is 1. The van der Waals surface area contributed by atoms with Crippen molar-refractivity contribution in [3.05, 3.63) is 69.4 Å². The molecule has 0 aliphatic heterocycles. The first-order chi connectivity index (χ1) is 11.6. The van der Waals surface area contributed by atoms with E-state index in [0.717, 1.165) is 11.4 Å². The third-order valence-electron chi connectivity index (χ3n) is 3.43. The number of aromatic amines is 2. The molecule has 0 aliphatic rings. The molecule has 2 aromatic heterocycles. The van der Waals surface area contributed by atoms with Crippen LogP contribution in [0.3, 0.4) is 0 Å². The summed E-state index contributed by atoms with van der Waals surface area (Å²) in [5.74, 6) is -0.452. The highest BCUT2D eigenvalue weighted by molar-refractivity contribution is 5.93. The average molecular weight is 324 g/mol. The van der Waals surface area contributed by atoms with Crippen LogP contribution in [0.15, 0.2) is 46.3 Å². The molecule has 3 N–H and O–H groups in total. The van der Waals surface area contributed by atoms with Crippen molar-refractivity contribution in [2.24, 2.45) is 5.10 Å². The molecule has 24 heavy (non-hydrogen) atoms. The third-order valence-corrected chi connectivity index (χ3v) is 3.43. The minimum atomic E-state index is -0.452. The lowest BCUT2D eigenvalue weighted by Gasteiger charge is -1.99. The predicted octanol–water partition coefficient (Wildman–Crippen LogP) is 1.27. The smallest absolute Gasteiger partial charge is 0.291 e. The molecule has 0 unspecified atom stereocenters. The summed E-state index contributed by atoms with van der Waals surface area (Å²) in [6, 6.07) is 10.8. The molecule has 0 aliphatic carbocycles. The van der Waals surface area contributed by atoms with Crippen LogP contribution in [0.2, 0.25) is 0 Å². The van der Waals surface area contributed by atoms with Crippen LogP contribution < -0.4 is 11.0 Å². The molecule has 0 fully saturated rings. The van der Waals surface area contributed by atoms with Crippen LogP contribution in [0, 0.1) is 13.8 Å². The molecular formula is C16H16N6O2. The van der Waals surface area contributed by atoms with E-state index in [1.165, 1.54) is 10.9 Å². The fraction of sp³-hybridized carbons (Fsp3) is 0.125. The maximum Gasteiger partial charge on any atom is 0.291 e. The number of nitrogens with zero attached hydrogens (tertiary/aromatic N) is 3. The Labute approximate surface area is 137 Å². The van der Waals surface area contributed by atoms with Crippen molar-refractivity contribution in [3.8, 4) is 5.69 Å². The second-order valence-corrected chi connectivity index (χ2v) is 5.26. The Kier molecular flexibility index (Phi) is 4.11. The lowest BCUT2D eigenvalue weighted by Crippen LogP contribution is -2.20. The van der Waals surface area contributed by atoms with E-state index < -0.39 is 5.91 Å². The van der Waals surface area contributed by atoms with Crippen molar-refractivity contribution in [3.63, 3.8) is 0 Å². The molecular weight excluding hydrogens is 308 g/mol. The Morgan fingerprint density at radius 2 is 2.04 bits per heavy atom. The van der Waals surface area contributed by atoms with E-state index in [1.54, 1.807) is 19.9 Å². The number of aryl methyl sites for hydroxylation is 2. The van der Waals surface area contributed by atoms with Gasteiger partial charge in [0.05, 0.1) is 17.5 Å². The summed E-state index contributed by atoms with van der Waals surface area (Å²) < 4.78 is 1.43. The molecule has 2 heterocycles. The number of H-pyrrole nitrogens is 2. The number of rotatable bonds is 4. The zero-order valence-electron chi connectivity index (χ0n) is 13.2. The molecule has 8 nitrogen and oxygen atoms in total. The summed E-state index contributed by atoms with van der Waals surface area (Å²) >= 11 is 0. The number of aromatic nitrogens is 4. The van der Waals surface area contributed by atoms with Gasteiger partial charge in [-0.25, -0.2) is 10.1 Å². The number of nitrogens with one attached hydrogen (secondary N) is 3. The molecule has 1 amide bonds. The highest BCUT2D eigenvalue weighted by Crippen LogP contribution is 2.05. The number of benzene rings is 1. The summed E-state index contributed by atoms with van der Waals surface area (Å²) in [5.41, 5.74) is 4.86. The minimum absolute atomic E-state index is 0.233. The fourth-order valence-electron chi connectivity index (χ4n) is 2.22. The molecule has 0 spiro atoms. The van der Waals surface area contributed by atoms with Crippen LogP contribution in [0.25, 0.3) is 5.69 Å². The van der Waals surface area contributed by atoms with Crippen molar-refractivity contribution in [2.75, 3.05) is 0 Å². The van der Waals surface area contributed by atoms with Gasteiger partial charge in [0.15, 0.2) is 5.69 Å². The largest absolute Gasteiger partial charge is 0.295 e. The standard InChI is InChI=1S/C16H16N6O2/c1-10-8-14(19-18-10)15(23)20-17-9-13-11(2)21-22(16(13)24)12-6-4-3-5-7-12/h3-9,21H,1-2H3,(H,18,19)(H,20,23). The summed E-state index contributed by atoms with van der Waals surface area (Å²) in [4.78, 5) is 24.3. The molecule has 122 valence electrons. The zero-order valence-corrected chi connectivity index (χ0v) is 13.2. The van der Waals surface area contributed by atoms with Gasteiger partial charge in [-0.05, 0) is 32.0 Å². The molecule has 0 radical (unpaired) electrons. The SMILES string of the molecule is Cc1cc(C(=O)NN=Cc2c(C)[nH]n(-c3ccccc3)c2=O)n[nH]1. The summed E-state index contributed by atoms with van der Waals surface area (Å²) in [5, 5.41) is 13.3. The van der Waals surface area contributed by atoms with E-state index in [1.807, 2.05) is 30.3 Å². The van der Waals surface area contributed by atoms with Crippen LogP contribution in [-0.4, -0.2) is 32.1 Å². The van der Waals surface area contributed by atoms with Gasteiger partial charge in [-0.3, -0.25) is 19.8 Å². The molecule has 1 aromatic carbocycles. The number of para-hydroxylation sites is 1. The molecule has 0 atom stereocenters. The minimum Gasteiger partial charge on any atom is -0.295 e. The van der Waals surface area contributed by atoms with E-state index in [2.05, 4.69) is 25.8 Å². The topological polar surface area (TPSA) is 108 Å². The molecule has 0 bridgehead atoms. The Hall–Kier alpha value is -3.42. The van der Waals surface area contributed by atoms with Crippen LogP contribution in [0.5, 0.6) is 0 Å². The highest BCUT2D eigenvalue weighted by Gasteiger charge is 2.11. The number of amides is 1. The van der Waals surface area contributed by atoms with Crippen molar-refractivity contribution < 1.29 is 4.79 Å². The molecule has 0 saturated heterocycles. The van der Waals surface area contributed by atoms with Crippen molar-refractivity contribution in [1.29, 1.82) is 0 Å². The van der Waals surface area contributed by atoms with Crippen LogP contribution in [0.4, 0.5) is 0 Å². The summed E-state index contributed by atoms with van der Waals surface area (Å²) in [7, 11) is 0. The lowest BCUT2D eigenvalue weighted by atomic mass is 10.3. The lowest BCUT2D eigenvalue weighted by molar-refractivity contribution is 0.0950. The van der Waals surface area contributed by atoms with Crippen molar-refractivity contribution in [1.82, 2.24) is 25.4 Å². The number of hydrazone groups is 1. The van der Waals surface area contributed by atoms with E-state index in [0.29, 0.717) is 11.3 Å². The Morgan fingerprint density at radius 1 is 1.29 bits per heavy atom. The zero-order chi connectivity index (χ0) is 17.1. The number of hydrogen-bond donors (Lipinski definition) is 3. The van der Waals surface area contributed by atoms with E-state index in [9.17, 15) is 9.59 Å². The van der Waals surface area contributed by atoms with Crippen molar-refractivity contribution >= 4 is 12.1 Å². The fourth-order valence-corrected chi connectivity index (χ4v) is 2.22. The van der Waals surface area contributed by atoms with E-state index in [-0.39, 0.29) is 11.3 Å². The number of hydrogen-bond acceptors (Lipinski definition) is 4. The Morgan fingerprint density at radius 3 is 2.71 bits per heavy atom. The maximum absolute atomic E-state index is 12.4. The van der Waals surface area contributed by atoms with Gasteiger partial charge in [0.25, 0.3) is 11.5 Å². The Bertz CT molecular complexity index is 949. The summed E-state index contributed by atoms with van der Waals surface area (Å²) in [6.45, 7) is 3.56. The van der Waals surface area contributed by atoms with Gasteiger partial charge >= 0.3 is 0 Å². The van der Waals surface area contributed by atoms with Gasteiger partial charge in [0.1, 0.15) is 0 Å². The quantitative estimate of drug-likeness (QED) is 0.497. The van der Waals surface area contributed by atoms with Gasteiger partial charge in [0, 0.05) is 11.4 Å².